The molecule has 0 radical (unpaired) electrons. The third-order valence-corrected chi connectivity index (χ3v) is 6.52. The number of anilines is 1. The van der Waals surface area contributed by atoms with E-state index in [-0.39, 0.29) is 30.1 Å². The number of nitrogens with one attached hydrogen (secondary N) is 1. The van der Waals surface area contributed by atoms with Crippen LogP contribution in [0.2, 0.25) is 0 Å². The zero-order chi connectivity index (χ0) is 24.3. The van der Waals surface area contributed by atoms with E-state index in [4.69, 9.17) is 0 Å². The predicted molar refractivity (Wildman–Crippen MR) is 120 cm³/mol. The Hall–Kier alpha value is -2.94. The van der Waals surface area contributed by atoms with Crippen molar-refractivity contribution in [3.05, 3.63) is 54.3 Å². The molecule has 2 aromatic rings. The summed E-state index contributed by atoms with van der Waals surface area (Å²) in [6.07, 6.45) is -2.46. The van der Waals surface area contributed by atoms with E-state index in [1.165, 1.54) is 11.0 Å². The molecule has 2 amide bonds. The minimum absolute atomic E-state index is 0.183. The fourth-order valence-corrected chi connectivity index (χ4v) is 4.80. The van der Waals surface area contributed by atoms with Gasteiger partial charge in [-0.25, -0.2) is 4.39 Å². The highest BCUT2D eigenvalue weighted by Crippen LogP contribution is 2.28. The predicted octanol–water partition coefficient (Wildman–Crippen LogP) is 4.70. The van der Waals surface area contributed by atoms with Crippen molar-refractivity contribution in [3.8, 4) is 11.1 Å². The molecule has 2 heterocycles. The molecule has 0 aromatic heterocycles. The van der Waals surface area contributed by atoms with Gasteiger partial charge in [0.05, 0.1) is 12.6 Å². The minimum Gasteiger partial charge on any atom is -0.341 e. The van der Waals surface area contributed by atoms with E-state index in [9.17, 15) is 27.2 Å². The molecule has 1 N–H and O–H groups in total. The molecule has 182 valence electrons. The molecule has 2 aromatic carbocycles. The fourth-order valence-electron chi connectivity index (χ4n) is 4.80. The minimum atomic E-state index is -4.34. The lowest BCUT2D eigenvalue weighted by Crippen LogP contribution is -2.51. The summed E-state index contributed by atoms with van der Waals surface area (Å²) < 4.78 is 52.6. The highest BCUT2D eigenvalue weighted by molar-refractivity contribution is 5.93. The van der Waals surface area contributed by atoms with Gasteiger partial charge in [-0.2, -0.15) is 13.2 Å². The number of alkyl halides is 3. The van der Waals surface area contributed by atoms with Crippen LogP contribution >= 0.6 is 0 Å². The zero-order valence-corrected chi connectivity index (χ0v) is 18.7. The molecule has 9 heteroatoms. The Kier molecular flexibility index (Phi) is 7.21. The number of carbonyl (C=O) groups excluding carboxylic acids is 2. The van der Waals surface area contributed by atoms with Crippen LogP contribution < -0.4 is 5.32 Å². The first kappa shape index (κ1) is 24.2. The van der Waals surface area contributed by atoms with Crippen LogP contribution in [0.1, 0.15) is 25.7 Å². The Balaban J connectivity index is 1.32. The van der Waals surface area contributed by atoms with Crippen molar-refractivity contribution in [2.45, 2.75) is 37.9 Å². The number of rotatable bonds is 5. The number of carbonyl (C=O) groups is 2. The fraction of sp³-hybridized carbons (Fsp3) is 0.440. The smallest absolute Gasteiger partial charge is 0.341 e. The van der Waals surface area contributed by atoms with Gasteiger partial charge in [0, 0.05) is 30.3 Å². The normalized spacial score (nSPS) is 19.9. The van der Waals surface area contributed by atoms with Crippen LogP contribution in [-0.2, 0) is 9.59 Å². The van der Waals surface area contributed by atoms with E-state index in [1.807, 2.05) is 0 Å². The van der Waals surface area contributed by atoms with Gasteiger partial charge in [-0.05, 0) is 56.0 Å². The molecule has 0 saturated carbocycles. The van der Waals surface area contributed by atoms with E-state index in [0.29, 0.717) is 55.6 Å². The van der Waals surface area contributed by atoms with Crippen LogP contribution in [0.3, 0.4) is 0 Å². The van der Waals surface area contributed by atoms with Crippen molar-refractivity contribution in [1.29, 1.82) is 0 Å². The van der Waals surface area contributed by atoms with Gasteiger partial charge in [0.25, 0.3) is 0 Å². The first-order valence-electron chi connectivity index (χ1n) is 11.5. The van der Waals surface area contributed by atoms with Crippen LogP contribution in [0.25, 0.3) is 11.1 Å². The van der Waals surface area contributed by atoms with Gasteiger partial charge >= 0.3 is 6.18 Å². The maximum atomic E-state index is 14.1. The Morgan fingerprint density at radius 2 is 1.71 bits per heavy atom. The zero-order valence-electron chi connectivity index (χ0n) is 18.7. The van der Waals surface area contributed by atoms with Gasteiger partial charge in [0.1, 0.15) is 5.82 Å². The Morgan fingerprint density at radius 1 is 0.971 bits per heavy atom. The molecular formula is C25H27F4N3O2. The van der Waals surface area contributed by atoms with Crippen LogP contribution in [0.4, 0.5) is 23.2 Å². The maximum absolute atomic E-state index is 14.1. The number of halogens is 4. The van der Waals surface area contributed by atoms with Crippen molar-refractivity contribution < 1.29 is 27.2 Å². The second-order valence-corrected chi connectivity index (χ2v) is 8.89. The van der Waals surface area contributed by atoms with E-state index < -0.39 is 18.8 Å². The van der Waals surface area contributed by atoms with Gasteiger partial charge < -0.3 is 10.2 Å². The molecule has 2 aliphatic heterocycles. The number of amides is 2. The first-order valence-corrected chi connectivity index (χ1v) is 11.5. The van der Waals surface area contributed by atoms with Crippen LogP contribution in [0.15, 0.2) is 48.5 Å². The average molecular weight is 478 g/mol. The summed E-state index contributed by atoms with van der Waals surface area (Å²) in [5.41, 5.74) is 1.64. The lowest BCUT2D eigenvalue weighted by molar-refractivity contribution is -0.156. The Morgan fingerprint density at radius 3 is 2.41 bits per heavy atom. The summed E-state index contributed by atoms with van der Waals surface area (Å²) in [4.78, 5) is 28.4. The quantitative estimate of drug-likeness (QED) is 0.636. The van der Waals surface area contributed by atoms with E-state index in [0.717, 1.165) is 0 Å². The molecule has 2 aliphatic rings. The first-order chi connectivity index (χ1) is 16.2. The van der Waals surface area contributed by atoms with Gasteiger partial charge in [-0.15, -0.1) is 0 Å². The van der Waals surface area contributed by atoms with E-state index in [1.54, 1.807) is 47.4 Å². The molecule has 0 aliphatic carbocycles. The number of piperidine rings is 1. The standard InChI is InChI=1S/C25H27F4N3O2/c26-21-8-2-1-7-20(21)18-5-3-6-19(15-18)30-23(33)17-10-13-31(14-11-17)24(34)22-9-4-12-32(22)16-25(27,28)29/h1-3,5-8,15,17,22H,4,9-14,16H2,(H,30,33)/t22-/m1/s1. The van der Waals surface area contributed by atoms with Crippen molar-refractivity contribution in [1.82, 2.24) is 9.80 Å². The molecule has 0 bridgehead atoms. The third kappa shape index (κ3) is 5.75. The topological polar surface area (TPSA) is 52.7 Å². The summed E-state index contributed by atoms with van der Waals surface area (Å²) in [7, 11) is 0. The maximum Gasteiger partial charge on any atom is 0.401 e. The lowest BCUT2D eigenvalue weighted by atomic mass is 9.95. The molecule has 1 atom stereocenters. The Labute approximate surface area is 195 Å². The molecule has 0 unspecified atom stereocenters. The molecule has 0 spiro atoms. The van der Waals surface area contributed by atoms with E-state index >= 15 is 0 Å². The highest BCUT2D eigenvalue weighted by atomic mass is 19.4. The second kappa shape index (κ2) is 10.1. The van der Waals surface area contributed by atoms with Gasteiger partial charge in [0.2, 0.25) is 11.8 Å². The lowest BCUT2D eigenvalue weighted by Gasteiger charge is -2.35. The van der Waals surface area contributed by atoms with Crippen LogP contribution in [-0.4, -0.2) is 60.0 Å². The SMILES string of the molecule is O=C(Nc1cccc(-c2ccccc2F)c1)C1CCN(C(=O)[C@H]2CCCN2CC(F)(F)F)CC1. The van der Waals surface area contributed by atoms with Gasteiger partial charge in [-0.1, -0.05) is 30.3 Å². The van der Waals surface area contributed by atoms with Crippen LogP contribution in [0.5, 0.6) is 0 Å². The summed E-state index contributed by atoms with van der Waals surface area (Å²) in [6, 6.07) is 12.6. The molecule has 2 fully saturated rings. The molecular weight excluding hydrogens is 450 g/mol. The molecule has 4 rings (SSSR count). The van der Waals surface area contributed by atoms with Crippen molar-refractivity contribution in [2.24, 2.45) is 5.92 Å². The number of likely N-dealkylation sites (tertiary alicyclic amines) is 2. The molecule has 5 nitrogen and oxygen atoms in total. The third-order valence-electron chi connectivity index (χ3n) is 6.52. The number of nitrogens with zero attached hydrogens (tertiary/aromatic N) is 2. The largest absolute Gasteiger partial charge is 0.401 e. The average Bonchev–Trinajstić information content (AvgIpc) is 3.25. The molecule has 2 saturated heterocycles. The second-order valence-electron chi connectivity index (χ2n) is 8.89. The van der Waals surface area contributed by atoms with Crippen LogP contribution in [0, 0.1) is 11.7 Å². The summed E-state index contributed by atoms with van der Waals surface area (Å²) >= 11 is 0. The van der Waals surface area contributed by atoms with Gasteiger partial charge in [0.15, 0.2) is 0 Å². The van der Waals surface area contributed by atoms with Gasteiger partial charge in [-0.3, -0.25) is 14.5 Å². The summed E-state index contributed by atoms with van der Waals surface area (Å²) in [5.74, 6) is -1.12. The molecule has 34 heavy (non-hydrogen) atoms. The van der Waals surface area contributed by atoms with E-state index in [2.05, 4.69) is 5.32 Å². The Bertz CT molecular complexity index is 1030. The number of hydrogen-bond acceptors (Lipinski definition) is 3. The summed E-state index contributed by atoms with van der Waals surface area (Å²) in [5, 5.41) is 2.88. The van der Waals surface area contributed by atoms with Crippen molar-refractivity contribution in [3.63, 3.8) is 0 Å². The number of hydrogen-bond donors (Lipinski definition) is 1. The number of benzene rings is 2. The van der Waals surface area contributed by atoms with Crippen molar-refractivity contribution in [2.75, 3.05) is 31.5 Å². The highest BCUT2D eigenvalue weighted by Gasteiger charge is 2.41. The van der Waals surface area contributed by atoms with Crippen molar-refractivity contribution >= 4 is 17.5 Å². The monoisotopic (exact) mass is 477 g/mol. The summed E-state index contributed by atoms with van der Waals surface area (Å²) in [6.45, 7) is -0.139.